The van der Waals surface area contributed by atoms with Crippen molar-refractivity contribution in [3.63, 3.8) is 0 Å². The van der Waals surface area contributed by atoms with E-state index in [1.165, 1.54) is 0 Å². The molecule has 11 heavy (non-hydrogen) atoms. The van der Waals surface area contributed by atoms with Gasteiger partial charge in [0.1, 0.15) is 5.76 Å². The zero-order chi connectivity index (χ0) is 8.43. The molecule has 0 saturated heterocycles. The highest BCUT2D eigenvalue weighted by Gasteiger charge is 2.11. The fraction of sp³-hybridized carbons (Fsp3) is 0.400. The summed E-state index contributed by atoms with van der Waals surface area (Å²) in [7, 11) is 0. The van der Waals surface area contributed by atoms with Crippen LogP contribution in [0.25, 0.3) is 0 Å². The molecule has 0 aliphatic rings. The lowest BCUT2D eigenvalue weighted by atomic mass is 10.4. The third-order valence-electron chi connectivity index (χ3n) is 1.14. The van der Waals surface area contributed by atoms with Crippen molar-refractivity contribution in [2.75, 3.05) is 0 Å². The fourth-order valence-electron chi connectivity index (χ4n) is 0.600. The summed E-state index contributed by atoms with van der Waals surface area (Å²) in [6.45, 7) is 1.66. The predicted molar refractivity (Wildman–Crippen MR) is 39.8 cm³/mol. The Balaban J connectivity index is 3.05. The minimum atomic E-state index is -2.16. The topological polar surface area (TPSA) is 63.3 Å². The van der Waals surface area contributed by atoms with Gasteiger partial charge in [0.05, 0.1) is 11.6 Å². The molecule has 1 atom stereocenters. The van der Waals surface area contributed by atoms with Crippen molar-refractivity contribution >= 4 is 22.7 Å². The van der Waals surface area contributed by atoms with Gasteiger partial charge in [-0.1, -0.05) is 0 Å². The van der Waals surface area contributed by atoms with Crippen LogP contribution in [0.15, 0.2) is 9.64 Å². The lowest BCUT2D eigenvalue weighted by Crippen LogP contribution is -1.86. The maximum Gasteiger partial charge on any atom is 0.315 e. The van der Waals surface area contributed by atoms with E-state index in [1.54, 1.807) is 6.92 Å². The molecule has 4 nitrogen and oxygen atoms in total. The van der Waals surface area contributed by atoms with Gasteiger partial charge in [-0.3, -0.25) is 4.55 Å². The second-order valence-electron chi connectivity index (χ2n) is 1.87. The number of nitrogens with zero attached hydrogens (tertiary/aromatic N) is 1. The molecule has 0 amide bonds. The molecular formula is C5H6ClNO3S. The van der Waals surface area contributed by atoms with Gasteiger partial charge < -0.3 is 4.42 Å². The smallest absolute Gasteiger partial charge is 0.315 e. The Hall–Kier alpha value is -0.390. The van der Waals surface area contributed by atoms with Crippen LogP contribution in [-0.4, -0.2) is 13.7 Å². The van der Waals surface area contributed by atoms with Gasteiger partial charge in [0, 0.05) is 0 Å². The molecule has 0 saturated carbocycles. The summed E-state index contributed by atoms with van der Waals surface area (Å²) in [5.74, 6) is 0.597. The average molecular weight is 196 g/mol. The predicted octanol–water partition coefficient (Wildman–Crippen LogP) is 1.30. The minimum absolute atomic E-state index is 0.163. The summed E-state index contributed by atoms with van der Waals surface area (Å²) in [5.41, 5.74) is 0.553. The monoisotopic (exact) mass is 195 g/mol. The molecule has 6 heteroatoms. The number of hydrogen-bond acceptors (Lipinski definition) is 3. The van der Waals surface area contributed by atoms with Gasteiger partial charge in [-0.15, -0.1) is 11.6 Å². The summed E-state index contributed by atoms with van der Waals surface area (Å²) in [6, 6.07) is 0. The van der Waals surface area contributed by atoms with Gasteiger partial charge in [-0.05, 0) is 6.92 Å². The van der Waals surface area contributed by atoms with Gasteiger partial charge in [0.15, 0.2) is 0 Å². The number of aryl methyl sites for hydroxylation is 1. The standard InChI is InChI=1S/C5H6ClNO3S/c1-3-4(2-6)10-5(7-3)11(8)9/h2H2,1H3,(H,8,9). The first-order valence-electron chi connectivity index (χ1n) is 2.78. The zero-order valence-corrected chi connectivity index (χ0v) is 7.28. The van der Waals surface area contributed by atoms with Crippen molar-refractivity contribution in [1.29, 1.82) is 0 Å². The van der Waals surface area contributed by atoms with Crippen molar-refractivity contribution < 1.29 is 13.2 Å². The summed E-state index contributed by atoms with van der Waals surface area (Å²) < 4.78 is 23.8. The molecular weight excluding hydrogens is 190 g/mol. The molecule has 0 radical (unpaired) electrons. The number of hydrogen-bond donors (Lipinski definition) is 1. The molecule has 1 rings (SSSR count). The summed E-state index contributed by atoms with van der Waals surface area (Å²) in [6.07, 6.45) is 0. The lowest BCUT2D eigenvalue weighted by molar-refractivity contribution is 0.402. The average Bonchev–Trinajstić information content (AvgIpc) is 2.31. The first-order valence-corrected chi connectivity index (χ1v) is 4.42. The summed E-state index contributed by atoms with van der Waals surface area (Å²) in [5, 5.41) is -0.196. The van der Waals surface area contributed by atoms with Crippen LogP contribution >= 0.6 is 11.6 Å². The highest BCUT2D eigenvalue weighted by Crippen LogP contribution is 2.13. The molecule has 62 valence electrons. The summed E-state index contributed by atoms with van der Waals surface area (Å²) >= 11 is 3.28. The quantitative estimate of drug-likeness (QED) is 0.571. The number of aromatic nitrogens is 1. The van der Waals surface area contributed by atoms with Crippen molar-refractivity contribution in [3.8, 4) is 0 Å². The van der Waals surface area contributed by atoms with Crippen molar-refractivity contribution in [1.82, 2.24) is 4.98 Å². The van der Waals surface area contributed by atoms with Crippen LogP contribution in [0.3, 0.4) is 0 Å². The molecule has 1 unspecified atom stereocenters. The first kappa shape index (κ1) is 8.70. The number of oxazole rings is 1. The van der Waals surface area contributed by atoms with Gasteiger partial charge >= 0.3 is 5.22 Å². The van der Waals surface area contributed by atoms with Crippen LogP contribution in [0.4, 0.5) is 0 Å². The molecule has 1 aromatic rings. The Bertz CT molecular complexity index is 285. The van der Waals surface area contributed by atoms with E-state index >= 15 is 0 Å². The van der Waals surface area contributed by atoms with E-state index < -0.39 is 11.1 Å². The van der Waals surface area contributed by atoms with Crippen molar-refractivity contribution in [2.24, 2.45) is 0 Å². The molecule has 0 aliphatic heterocycles. The minimum Gasteiger partial charge on any atom is -0.432 e. The highest BCUT2D eigenvalue weighted by atomic mass is 35.5. The van der Waals surface area contributed by atoms with Gasteiger partial charge in [0.25, 0.3) is 0 Å². The third kappa shape index (κ3) is 1.79. The van der Waals surface area contributed by atoms with E-state index in [0.29, 0.717) is 11.5 Å². The van der Waals surface area contributed by atoms with Crippen LogP contribution in [0.1, 0.15) is 11.5 Å². The number of alkyl halides is 1. The molecule has 0 spiro atoms. The molecule has 0 bridgehead atoms. The molecule has 1 aromatic heterocycles. The highest BCUT2D eigenvalue weighted by molar-refractivity contribution is 7.79. The second kappa shape index (κ2) is 3.34. The normalized spacial score (nSPS) is 13.4. The van der Waals surface area contributed by atoms with E-state index in [1.807, 2.05) is 0 Å². The van der Waals surface area contributed by atoms with E-state index in [0.717, 1.165) is 0 Å². The Morgan fingerprint density at radius 3 is 2.73 bits per heavy atom. The van der Waals surface area contributed by atoms with E-state index in [2.05, 4.69) is 4.98 Å². The SMILES string of the molecule is Cc1nc(S(=O)O)oc1CCl. The van der Waals surface area contributed by atoms with Gasteiger partial charge in [0.2, 0.25) is 11.1 Å². The zero-order valence-electron chi connectivity index (χ0n) is 5.70. The maximum atomic E-state index is 10.4. The molecule has 0 aliphatic carbocycles. The Morgan fingerprint density at radius 1 is 1.82 bits per heavy atom. The molecule has 0 fully saturated rings. The van der Waals surface area contributed by atoms with E-state index in [-0.39, 0.29) is 11.1 Å². The van der Waals surface area contributed by atoms with Gasteiger partial charge in [-0.25, -0.2) is 9.19 Å². The summed E-state index contributed by atoms with van der Waals surface area (Å²) in [4.78, 5) is 3.68. The first-order chi connectivity index (χ1) is 5.15. The molecule has 1 N–H and O–H groups in total. The van der Waals surface area contributed by atoms with Crippen molar-refractivity contribution in [3.05, 3.63) is 11.5 Å². The van der Waals surface area contributed by atoms with E-state index in [4.69, 9.17) is 20.6 Å². The number of halogens is 1. The second-order valence-corrected chi connectivity index (χ2v) is 2.99. The van der Waals surface area contributed by atoms with Crippen LogP contribution in [0, 0.1) is 6.92 Å². The third-order valence-corrected chi connectivity index (χ3v) is 1.86. The van der Waals surface area contributed by atoms with Crippen molar-refractivity contribution in [2.45, 2.75) is 18.0 Å². The Morgan fingerprint density at radius 2 is 2.45 bits per heavy atom. The largest absolute Gasteiger partial charge is 0.432 e. The molecule has 0 aromatic carbocycles. The maximum absolute atomic E-state index is 10.4. The Kier molecular flexibility index (Phi) is 2.64. The van der Waals surface area contributed by atoms with E-state index in [9.17, 15) is 4.21 Å². The van der Waals surface area contributed by atoms with Crippen LogP contribution in [0.5, 0.6) is 0 Å². The van der Waals surface area contributed by atoms with Gasteiger partial charge in [-0.2, -0.15) is 0 Å². The Labute approximate surface area is 70.9 Å². The number of rotatable bonds is 2. The van der Waals surface area contributed by atoms with Crippen LogP contribution in [0.2, 0.25) is 0 Å². The van der Waals surface area contributed by atoms with Crippen LogP contribution < -0.4 is 0 Å². The molecule has 1 heterocycles. The fourth-order valence-corrected chi connectivity index (χ4v) is 1.23. The lowest BCUT2D eigenvalue weighted by Gasteiger charge is -1.84. The van der Waals surface area contributed by atoms with Crippen LogP contribution in [-0.2, 0) is 17.0 Å².